The molecule has 3 aliphatic rings. The lowest BCUT2D eigenvalue weighted by atomic mass is 9.94. The summed E-state index contributed by atoms with van der Waals surface area (Å²) in [5, 5.41) is 3.00. The Bertz CT molecular complexity index is 719. The number of hydrogen-bond acceptors (Lipinski definition) is 5. The summed E-state index contributed by atoms with van der Waals surface area (Å²) in [5.41, 5.74) is 8.07. The fourth-order valence-electron chi connectivity index (χ4n) is 4.04. The van der Waals surface area contributed by atoms with E-state index in [9.17, 15) is 4.79 Å². The molecule has 1 atom stereocenters. The van der Waals surface area contributed by atoms with Crippen LogP contribution in [0.3, 0.4) is 0 Å². The minimum Gasteiger partial charge on any atom is -0.396 e. The molecule has 0 radical (unpaired) electrons. The van der Waals surface area contributed by atoms with Gasteiger partial charge in [-0.1, -0.05) is 36.4 Å². The molecule has 0 bridgehead atoms. The number of carbonyl (C=O) groups excluding carboxylic acids is 1. The van der Waals surface area contributed by atoms with Crippen molar-refractivity contribution in [3.8, 4) is 0 Å². The predicted molar refractivity (Wildman–Crippen MR) is 105 cm³/mol. The van der Waals surface area contributed by atoms with Crippen LogP contribution in [-0.2, 0) is 9.53 Å². The molecule has 0 aromatic heterocycles. The summed E-state index contributed by atoms with van der Waals surface area (Å²) >= 11 is 0. The van der Waals surface area contributed by atoms with Crippen LogP contribution in [0, 0.1) is 5.92 Å². The van der Waals surface area contributed by atoms with E-state index in [2.05, 4.69) is 27.3 Å². The van der Waals surface area contributed by atoms with E-state index in [-0.39, 0.29) is 17.7 Å². The zero-order chi connectivity index (χ0) is 18.6. The fraction of sp³-hybridized carbons (Fsp3) is 0.524. The van der Waals surface area contributed by atoms with Gasteiger partial charge >= 0.3 is 0 Å². The highest BCUT2D eigenvalue weighted by Crippen LogP contribution is 2.25. The third-order valence-electron chi connectivity index (χ3n) is 5.87. The van der Waals surface area contributed by atoms with Gasteiger partial charge in [-0.15, -0.1) is 0 Å². The number of piperidine rings is 1. The molecule has 1 aromatic rings. The summed E-state index contributed by atoms with van der Waals surface area (Å²) in [5.74, 6) is 0.851. The van der Waals surface area contributed by atoms with Gasteiger partial charge in [-0.2, -0.15) is 0 Å². The number of amides is 1. The molecule has 1 aromatic carbocycles. The molecule has 0 aliphatic carbocycles. The van der Waals surface area contributed by atoms with Crippen LogP contribution in [0.5, 0.6) is 0 Å². The SMILES string of the molecule is NC1=CC(c2ccccc2)CCN=C1NC(=O)C1CCN(C2COC2)CC1. The molecular weight excluding hydrogens is 340 g/mol. The molecule has 27 heavy (non-hydrogen) atoms. The van der Waals surface area contributed by atoms with E-state index in [1.54, 1.807) is 0 Å². The molecule has 1 unspecified atom stereocenters. The molecule has 1 amide bonds. The second-order valence-electron chi connectivity index (χ2n) is 7.65. The highest BCUT2D eigenvalue weighted by molar-refractivity contribution is 6.07. The smallest absolute Gasteiger partial charge is 0.228 e. The number of nitrogens with one attached hydrogen (secondary N) is 1. The molecule has 3 aliphatic heterocycles. The Morgan fingerprint density at radius 3 is 2.56 bits per heavy atom. The van der Waals surface area contributed by atoms with Crippen molar-refractivity contribution in [2.75, 3.05) is 32.8 Å². The maximum Gasteiger partial charge on any atom is 0.228 e. The Morgan fingerprint density at radius 2 is 1.89 bits per heavy atom. The zero-order valence-electron chi connectivity index (χ0n) is 15.6. The predicted octanol–water partition coefficient (Wildman–Crippen LogP) is 1.64. The molecule has 0 spiro atoms. The number of amidine groups is 1. The third kappa shape index (κ3) is 4.22. The molecule has 2 fully saturated rings. The average molecular weight is 368 g/mol. The number of likely N-dealkylation sites (tertiary alicyclic amines) is 1. The van der Waals surface area contributed by atoms with Crippen LogP contribution in [0.25, 0.3) is 0 Å². The number of rotatable bonds is 3. The van der Waals surface area contributed by atoms with Crippen molar-refractivity contribution in [1.29, 1.82) is 0 Å². The first kappa shape index (κ1) is 18.2. The van der Waals surface area contributed by atoms with Crippen LogP contribution in [-0.4, -0.2) is 55.5 Å². The van der Waals surface area contributed by atoms with E-state index in [1.807, 2.05) is 24.3 Å². The summed E-state index contributed by atoms with van der Waals surface area (Å²) in [4.78, 5) is 19.7. The van der Waals surface area contributed by atoms with Gasteiger partial charge in [0.2, 0.25) is 5.91 Å². The van der Waals surface area contributed by atoms with Crippen molar-refractivity contribution in [2.24, 2.45) is 16.6 Å². The fourth-order valence-corrected chi connectivity index (χ4v) is 4.04. The van der Waals surface area contributed by atoms with Crippen LogP contribution in [0.2, 0.25) is 0 Å². The van der Waals surface area contributed by atoms with E-state index in [4.69, 9.17) is 10.5 Å². The number of ether oxygens (including phenoxy) is 1. The minimum absolute atomic E-state index is 0.0333. The van der Waals surface area contributed by atoms with Gasteiger partial charge in [0.1, 0.15) is 0 Å². The van der Waals surface area contributed by atoms with Gasteiger partial charge in [0, 0.05) is 18.4 Å². The first-order valence-electron chi connectivity index (χ1n) is 9.90. The van der Waals surface area contributed by atoms with Gasteiger partial charge < -0.3 is 15.8 Å². The number of nitrogens with zero attached hydrogens (tertiary/aromatic N) is 2. The lowest BCUT2D eigenvalue weighted by molar-refractivity contribution is -0.126. The number of nitrogens with two attached hydrogens (primary N) is 1. The molecule has 4 rings (SSSR count). The van der Waals surface area contributed by atoms with Crippen molar-refractivity contribution in [3.05, 3.63) is 47.7 Å². The second kappa shape index (κ2) is 8.23. The van der Waals surface area contributed by atoms with Gasteiger partial charge in [-0.05, 0) is 37.9 Å². The van der Waals surface area contributed by atoms with E-state index in [0.29, 0.717) is 24.1 Å². The normalized spacial score (nSPS) is 25.1. The molecule has 144 valence electrons. The van der Waals surface area contributed by atoms with E-state index >= 15 is 0 Å². The average Bonchev–Trinajstić information content (AvgIpc) is 2.83. The van der Waals surface area contributed by atoms with Crippen molar-refractivity contribution >= 4 is 11.7 Å². The van der Waals surface area contributed by atoms with Crippen LogP contribution >= 0.6 is 0 Å². The van der Waals surface area contributed by atoms with Gasteiger partial charge in [0.25, 0.3) is 0 Å². The molecule has 2 saturated heterocycles. The number of aliphatic imine (C=N–C) groups is 1. The van der Waals surface area contributed by atoms with E-state index in [1.165, 1.54) is 5.56 Å². The topological polar surface area (TPSA) is 79.9 Å². The molecule has 6 nitrogen and oxygen atoms in total. The van der Waals surface area contributed by atoms with E-state index < -0.39 is 0 Å². The molecule has 3 N–H and O–H groups in total. The van der Waals surface area contributed by atoms with Crippen LogP contribution < -0.4 is 11.1 Å². The highest BCUT2D eigenvalue weighted by Gasteiger charge is 2.32. The second-order valence-corrected chi connectivity index (χ2v) is 7.65. The summed E-state index contributed by atoms with van der Waals surface area (Å²) in [6, 6.07) is 10.9. The van der Waals surface area contributed by atoms with E-state index in [0.717, 1.165) is 45.6 Å². The molecular formula is C21H28N4O2. The molecule has 6 heteroatoms. The van der Waals surface area contributed by atoms with Gasteiger partial charge in [-0.3, -0.25) is 14.7 Å². The van der Waals surface area contributed by atoms with Crippen molar-refractivity contribution in [1.82, 2.24) is 10.2 Å². The number of hydrogen-bond donors (Lipinski definition) is 2. The Kier molecular flexibility index (Phi) is 5.55. The van der Waals surface area contributed by atoms with Crippen molar-refractivity contribution in [2.45, 2.75) is 31.2 Å². The van der Waals surface area contributed by atoms with Gasteiger partial charge in [0.15, 0.2) is 5.84 Å². The standard InChI is InChI=1S/C21H28N4O2/c22-19-12-17(15-4-2-1-3-5-15)6-9-23-20(19)24-21(26)16-7-10-25(11-8-16)18-13-27-14-18/h1-5,12,16-18H,6-11,13-14,22H2,(H,23,24,26). The Morgan fingerprint density at radius 1 is 1.15 bits per heavy atom. The summed E-state index contributed by atoms with van der Waals surface area (Å²) in [6.07, 6.45) is 4.68. The zero-order valence-corrected chi connectivity index (χ0v) is 15.6. The van der Waals surface area contributed by atoms with Crippen LogP contribution in [0.4, 0.5) is 0 Å². The van der Waals surface area contributed by atoms with Crippen LogP contribution in [0.15, 0.2) is 47.1 Å². The highest BCUT2D eigenvalue weighted by atomic mass is 16.5. The quantitative estimate of drug-likeness (QED) is 0.850. The molecule has 3 heterocycles. The lowest BCUT2D eigenvalue weighted by Gasteiger charge is -2.41. The Labute approximate surface area is 160 Å². The summed E-state index contributed by atoms with van der Waals surface area (Å²) in [7, 11) is 0. The first-order chi connectivity index (χ1) is 13.2. The van der Waals surface area contributed by atoms with Crippen molar-refractivity contribution < 1.29 is 9.53 Å². The first-order valence-corrected chi connectivity index (χ1v) is 9.90. The Hall–Kier alpha value is -2.18. The summed E-state index contributed by atoms with van der Waals surface area (Å²) in [6.45, 7) is 4.24. The number of carbonyl (C=O) groups is 1. The minimum atomic E-state index is 0.0333. The van der Waals surface area contributed by atoms with Gasteiger partial charge in [0.05, 0.1) is 25.0 Å². The summed E-state index contributed by atoms with van der Waals surface area (Å²) < 4.78 is 5.27. The number of allylic oxidation sites excluding steroid dienone is 1. The number of benzene rings is 1. The molecule has 0 saturated carbocycles. The van der Waals surface area contributed by atoms with Crippen molar-refractivity contribution in [3.63, 3.8) is 0 Å². The maximum absolute atomic E-state index is 12.7. The third-order valence-corrected chi connectivity index (χ3v) is 5.87. The van der Waals surface area contributed by atoms with Crippen LogP contribution in [0.1, 0.15) is 30.7 Å². The Balaban J connectivity index is 1.34. The monoisotopic (exact) mass is 368 g/mol. The van der Waals surface area contributed by atoms with Gasteiger partial charge in [-0.25, -0.2) is 0 Å². The maximum atomic E-state index is 12.7. The lowest BCUT2D eigenvalue weighted by Crippen LogP contribution is -2.53. The largest absolute Gasteiger partial charge is 0.396 e.